The van der Waals surface area contributed by atoms with Crippen LogP contribution in [0.3, 0.4) is 0 Å². The maximum Gasteiger partial charge on any atom is 0.358 e. The summed E-state index contributed by atoms with van der Waals surface area (Å²) in [6.45, 7) is 11.7. The Bertz CT molecular complexity index is 1500. The molecule has 19 nitrogen and oxygen atoms in total. The lowest BCUT2D eigenvalue weighted by molar-refractivity contribution is -0.159. The largest absolute Gasteiger partial charge is 0.492 e. The number of rotatable bonds is 39. The molecule has 1 aromatic rings. The van der Waals surface area contributed by atoms with Crippen LogP contribution in [0.4, 0.5) is 0 Å². The van der Waals surface area contributed by atoms with E-state index in [1.54, 1.807) is 20.8 Å². The number of unbranched alkanes of at least 4 members (excludes halogenated alkanes) is 13. The lowest BCUT2D eigenvalue weighted by atomic mass is 10.0. The third-order valence-corrected chi connectivity index (χ3v) is 9.47. The van der Waals surface area contributed by atoms with Crippen molar-refractivity contribution in [2.75, 3.05) is 65.9 Å². The van der Waals surface area contributed by atoms with Crippen LogP contribution in [0.2, 0.25) is 0 Å². The number of carbonyl (C=O) groups excluding carboxylic acids is 6. The number of nitrogens with zero attached hydrogens (tertiary/aromatic N) is 1. The molecule has 1 atom stereocenters. The molecule has 1 heterocycles. The minimum Gasteiger partial charge on any atom is -0.492 e. The Balaban J connectivity index is 2.06. The molecule has 0 fully saturated rings. The lowest BCUT2D eigenvalue weighted by Gasteiger charge is -2.24. The van der Waals surface area contributed by atoms with E-state index < -0.39 is 47.5 Å². The Kier molecular flexibility index (Phi) is 32.2. The Morgan fingerprint density at radius 3 is 1.45 bits per heavy atom. The van der Waals surface area contributed by atoms with Crippen LogP contribution in [0.25, 0.3) is 0 Å². The summed E-state index contributed by atoms with van der Waals surface area (Å²) in [5, 5.41) is 27.1. The Labute approximate surface area is 391 Å². The van der Waals surface area contributed by atoms with Crippen LogP contribution in [0.15, 0.2) is 12.1 Å². The first-order chi connectivity index (χ1) is 31.4. The van der Waals surface area contributed by atoms with Gasteiger partial charge in [-0.3, -0.25) is 19.2 Å². The predicted molar refractivity (Wildman–Crippen MR) is 245 cm³/mol. The SMILES string of the molecule is CC(C)(C)OC(=O)CCCCCCCCCCCCCCCCC(=O)N[C@@H](CCC(=O)NCCOCCOCC(=O)NCCOCCOCC(=O)On1c(O)ccc1O)C(=O)OC(C)(C)C. The van der Waals surface area contributed by atoms with Crippen molar-refractivity contribution in [3.8, 4) is 11.8 Å². The van der Waals surface area contributed by atoms with E-state index in [4.69, 9.17) is 33.3 Å². The number of hydrogen-bond acceptors (Lipinski definition) is 15. The molecule has 0 aliphatic heterocycles. The van der Waals surface area contributed by atoms with E-state index in [0.29, 0.717) is 17.6 Å². The van der Waals surface area contributed by atoms with Crippen molar-refractivity contribution in [2.24, 2.45) is 0 Å². The van der Waals surface area contributed by atoms with Gasteiger partial charge in [0.25, 0.3) is 0 Å². The highest BCUT2D eigenvalue weighted by Gasteiger charge is 2.27. The second-order valence-electron chi connectivity index (χ2n) is 18.1. The zero-order valence-electron chi connectivity index (χ0n) is 40.7. The molecular formula is C47H82N4O15. The minimum atomic E-state index is -0.944. The zero-order chi connectivity index (χ0) is 49.1. The van der Waals surface area contributed by atoms with Crippen molar-refractivity contribution >= 4 is 35.6 Å². The number of carbonyl (C=O) groups is 6. The molecule has 0 aromatic carbocycles. The Morgan fingerprint density at radius 2 is 0.955 bits per heavy atom. The minimum absolute atomic E-state index is 0.00384. The summed E-state index contributed by atoms with van der Waals surface area (Å²) >= 11 is 0. The summed E-state index contributed by atoms with van der Waals surface area (Å²) in [4.78, 5) is 78.4. The van der Waals surface area contributed by atoms with Crippen molar-refractivity contribution in [1.82, 2.24) is 20.7 Å². The maximum absolute atomic E-state index is 12.9. The van der Waals surface area contributed by atoms with Crippen LogP contribution in [0.5, 0.6) is 11.8 Å². The molecule has 0 unspecified atom stereocenters. The van der Waals surface area contributed by atoms with E-state index in [9.17, 15) is 39.0 Å². The van der Waals surface area contributed by atoms with Crippen LogP contribution in [-0.2, 0) is 57.2 Å². The summed E-state index contributed by atoms with van der Waals surface area (Å²) in [5.41, 5.74) is -1.16. The fourth-order valence-electron chi connectivity index (χ4n) is 6.28. The van der Waals surface area contributed by atoms with E-state index in [2.05, 4.69) is 16.0 Å². The van der Waals surface area contributed by atoms with Crippen molar-refractivity contribution < 1.29 is 72.2 Å². The Morgan fingerprint density at radius 1 is 0.515 bits per heavy atom. The second kappa shape index (κ2) is 35.7. The first-order valence-electron chi connectivity index (χ1n) is 23.8. The first-order valence-corrected chi connectivity index (χ1v) is 23.8. The van der Waals surface area contributed by atoms with Crippen LogP contribution in [-0.4, -0.2) is 134 Å². The van der Waals surface area contributed by atoms with Crippen molar-refractivity contribution in [2.45, 2.75) is 174 Å². The van der Waals surface area contributed by atoms with E-state index in [-0.39, 0.29) is 95.9 Å². The van der Waals surface area contributed by atoms with Gasteiger partial charge in [-0.15, -0.1) is 4.73 Å². The van der Waals surface area contributed by atoms with Gasteiger partial charge in [-0.25, -0.2) is 9.59 Å². The molecule has 66 heavy (non-hydrogen) atoms. The number of aromatic hydroxyl groups is 2. The smallest absolute Gasteiger partial charge is 0.358 e. The summed E-state index contributed by atoms with van der Waals surface area (Å²) in [6.07, 6.45) is 16.5. The number of esters is 2. The Hall–Kier alpha value is -4.46. The standard InChI is InChI=1S/C47H82N4O15/c1-46(2,3)64-43(57)22-20-18-16-14-12-10-8-7-9-11-13-15-17-19-21-39(53)50-37(45(59)65-47(4,5)6)23-24-38(52)48-27-29-60-31-33-62-35-40(54)49-28-30-61-32-34-63-36-44(58)66-51-41(55)25-26-42(51)56/h25-26,37,55-56H,7-24,27-36H2,1-6H3,(H,48,52)(H,49,54)(H,50,53)/t37-/m0/s1. The third-order valence-electron chi connectivity index (χ3n) is 9.47. The summed E-state index contributed by atoms with van der Waals surface area (Å²) in [6, 6.07) is 1.37. The fourth-order valence-corrected chi connectivity index (χ4v) is 6.28. The lowest BCUT2D eigenvalue weighted by Crippen LogP contribution is -2.44. The van der Waals surface area contributed by atoms with Gasteiger partial charge < -0.3 is 59.4 Å². The number of aromatic nitrogens is 1. The van der Waals surface area contributed by atoms with Crippen LogP contribution < -0.4 is 20.8 Å². The normalized spacial score (nSPS) is 12.0. The highest BCUT2D eigenvalue weighted by Crippen LogP contribution is 2.19. The monoisotopic (exact) mass is 943 g/mol. The molecular weight excluding hydrogens is 861 g/mol. The van der Waals surface area contributed by atoms with Gasteiger partial charge in [-0.05, 0) is 60.8 Å². The number of amides is 3. The molecule has 0 saturated carbocycles. The van der Waals surface area contributed by atoms with E-state index in [1.165, 1.54) is 44.9 Å². The van der Waals surface area contributed by atoms with E-state index in [0.717, 1.165) is 57.1 Å². The van der Waals surface area contributed by atoms with Crippen molar-refractivity contribution in [1.29, 1.82) is 0 Å². The third kappa shape index (κ3) is 34.8. The molecule has 0 saturated heterocycles. The van der Waals surface area contributed by atoms with Gasteiger partial charge in [0.15, 0.2) is 0 Å². The van der Waals surface area contributed by atoms with Crippen LogP contribution >= 0.6 is 0 Å². The molecule has 0 bridgehead atoms. The second-order valence-corrected chi connectivity index (χ2v) is 18.1. The predicted octanol–water partition coefficient (Wildman–Crippen LogP) is 5.34. The molecule has 1 rings (SSSR count). The zero-order valence-corrected chi connectivity index (χ0v) is 40.7. The van der Waals surface area contributed by atoms with Crippen LogP contribution in [0, 0.1) is 0 Å². The van der Waals surface area contributed by atoms with Gasteiger partial charge in [0.2, 0.25) is 29.5 Å². The molecule has 0 aliphatic carbocycles. The quantitative estimate of drug-likeness (QED) is 0.0413. The summed E-state index contributed by atoms with van der Waals surface area (Å²) in [7, 11) is 0. The number of ether oxygens (including phenoxy) is 6. The summed E-state index contributed by atoms with van der Waals surface area (Å²) < 4.78 is 32.6. The highest BCUT2D eigenvalue weighted by molar-refractivity contribution is 5.85. The summed E-state index contributed by atoms with van der Waals surface area (Å²) in [5.74, 6) is -3.29. The molecule has 0 aliphatic rings. The molecule has 3 amide bonds. The number of nitrogens with one attached hydrogen (secondary N) is 3. The van der Waals surface area contributed by atoms with Gasteiger partial charge in [-0.1, -0.05) is 77.0 Å². The van der Waals surface area contributed by atoms with Gasteiger partial charge in [-0.2, -0.15) is 0 Å². The molecule has 380 valence electrons. The van der Waals surface area contributed by atoms with Crippen LogP contribution in [0.1, 0.15) is 157 Å². The van der Waals surface area contributed by atoms with Crippen molar-refractivity contribution in [3.63, 3.8) is 0 Å². The molecule has 19 heteroatoms. The van der Waals surface area contributed by atoms with Gasteiger partial charge in [0.1, 0.15) is 30.5 Å². The molecule has 1 aromatic heterocycles. The molecule has 0 radical (unpaired) electrons. The van der Waals surface area contributed by atoms with Gasteiger partial charge >= 0.3 is 17.9 Å². The van der Waals surface area contributed by atoms with E-state index in [1.807, 2.05) is 20.8 Å². The number of hydrogen-bond donors (Lipinski definition) is 5. The average molecular weight is 943 g/mol. The maximum atomic E-state index is 12.9. The topological polar surface area (TPSA) is 249 Å². The highest BCUT2D eigenvalue weighted by atomic mass is 16.7. The molecule has 5 N–H and O–H groups in total. The average Bonchev–Trinajstić information content (AvgIpc) is 3.54. The first kappa shape index (κ1) is 59.6. The van der Waals surface area contributed by atoms with Gasteiger partial charge in [0, 0.05) is 44.5 Å². The van der Waals surface area contributed by atoms with Crippen molar-refractivity contribution in [3.05, 3.63) is 12.1 Å². The van der Waals surface area contributed by atoms with E-state index >= 15 is 0 Å². The fraction of sp³-hybridized carbons (Fsp3) is 0.787. The molecule has 0 spiro atoms. The van der Waals surface area contributed by atoms with Gasteiger partial charge in [0.05, 0.1) is 39.6 Å².